The van der Waals surface area contributed by atoms with Crippen molar-refractivity contribution in [3.8, 4) is 0 Å². The zero-order chi connectivity index (χ0) is 11.9. The van der Waals surface area contributed by atoms with Gasteiger partial charge in [0.2, 0.25) is 0 Å². The number of hydrogen-bond acceptors (Lipinski definition) is 3. The van der Waals surface area contributed by atoms with Gasteiger partial charge in [-0.15, -0.1) is 0 Å². The van der Waals surface area contributed by atoms with Crippen LogP contribution in [0.5, 0.6) is 0 Å². The van der Waals surface area contributed by atoms with E-state index in [-0.39, 0.29) is 10.2 Å². The van der Waals surface area contributed by atoms with E-state index in [1.807, 2.05) is 6.92 Å². The number of nitrogens with zero attached hydrogens (tertiary/aromatic N) is 1. The molecule has 4 heteroatoms. The van der Waals surface area contributed by atoms with Crippen LogP contribution in [-0.4, -0.2) is 23.7 Å². The van der Waals surface area contributed by atoms with E-state index in [4.69, 9.17) is 13.6 Å². The van der Waals surface area contributed by atoms with E-state index in [9.17, 15) is 0 Å². The minimum atomic E-state index is -0.599. The molecule has 0 bridgehead atoms. The molecule has 1 saturated carbocycles. The molecule has 1 fully saturated rings. The van der Waals surface area contributed by atoms with Crippen LogP contribution in [-0.2, 0) is 0 Å². The van der Waals surface area contributed by atoms with Gasteiger partial charge in [0, 0.05) is 10.5 Å². The molecule has 2 N–H and O–H groups in total. The summed E-state index contributed by atoms with van der Waals surface area (Å²) in [5, 5.41) is 0. The van der Waals surface area contributed by atoms with Crippen LogP contribution in [0.4, 0.5) is 0 Å². The third-order valence-corrected chi connectivity index (χ3v) is 3.83. The standard InChI is InChI=1S/C11H21BN2S/c1-9(2,3)15-14-8-6-10(4,7-8)11(5,12)13/h6-7,13H2,1-5H3. The summed E-state index contributed by atoms with van der Waals surface area (Å²) in [7, 11) is 5.94. The second-order valence-corrected chi connectivity index (χ2v) is 7.65. The Hall–Kier alpha value is 0.0449. The van der Waals surface area contributed by atoms with E-state index in [0.29, 0.717) is 0 Å². The highest BCUT2D eigenvalue weighted by Crippen LogP contribution is 2.45. The van der Waals surface area contributed by atoms with Crippen molar-refractivity contribution in [2.45, 2.75) is 57.6 Å². The fourth-order valence-corrected chi connectivity index (χ4v) is 2.03. The Balaban J connectivity index is 2.50. The topological polar surface area (TPSA) is 38.4 Å². The summed E-state index contributed by atoms with van der Waals surface area (Å²) in [6, 6.07) is 0. The predicted molar refractivity (Wildman–Crippen MR) is 70.5 cm³/mol. The fourth-order valence-electron chi connectivity index (χ4n) is 1.50. The van der Waals surface area contributed by atoms with Gasteiger partial charge < -0.3 is 5.73 Å². The van der Waals surface area contributed by atoms with Crippen LogP contribution < -0.4 is 5.73 Å². The lowest BCUT2D eigenvalue weighted by Gasteiger charge is -2.50. The summed E-state index contributed by atoms with van der Waals surface area (Å²) < 4.78 is 4.72. The molecule has 0 amide bonds. The van der Waals surface area contributed by atoms with Crippen molar-refractivity contribution < 1.29 is 0 Å². The summed E-state index contributed by atoms with van der Waals surface area (Å²) >= 11 is 1.64. The van der Waals surface area contributed by atoms with Crippen molar-refractivity contribution in [1.82, 2.24) is 0 Å². The Bertz CT molecular complexity index is 265. The van der Waals surface area contributed by atoms with Gasteiger partial charge in [-0.25, -0.2) is 4.40 Å². The van der Waals surface area contributed by atoms with E-state index in [0.717, 1.165) is 12.8 Å². The highest BCUT2D eigenvalue weighted by atomic mass is 32.2. The molecule has 0 spiro atoms. The Morgan fingerprint density at radius 1 is 1.33 bits per heavy atom. The van der Waals surface area contributed by atoms with Gasteiger partial charge in [0.25, 0.3) is 0 Å². The zero-order valence-corrected chi connectivity index (χ0v) is 11.2. The van der Waals surface area contributed by atoms with Gasteiger partial charge >= 0.3 is 0 Å². The first-order chi connectivity index (χ1) is 6.54. The minimum Gasteiger partial charge on any atom is -0.333 e. The van der Waals surface area contributed by atoms with Crippen molar-refractivity contribution in [3.63, 3.8) is 0 Å². The van der Waals surface area contributed by atoms with Gasteiger partial charge in [-0.2, -0.15) is 0 Å². The Morgan fingerprint density at radius 3 is 2.13 bits per heavy atom. The second-order valence-electron chi connectivity index (χ2n) is 6.06. The molecule has 2 nitrogen and oxygen atoms in total. The zero-order valence-electron chi connectivity index (χ0n) is 10.4. The Kier molecular flexibility index (Phi) is 3.33. The van der Waals surface area contributed by atoms with Gasteiger partial charge in [-0.3, -0.25) is 0 Å². The van der Waals surface area contributed by atoms with E-state index in [1.165, 1.54) is 5.71 Å². The molecule has 1 aliphatic carbocycles. The van der Waals surface area contributed by atoms with E-state index >= 15 is 0 Å². The van der Waals surface area contributed by atoms with Crippen molar-refractivity contribution in [2.24, 2.45) is 15.5 Å². The lowest BCUT2D eigenvalue weighted by atomic mass is 9.51. The quantitative estimate of drug-likeness (QED) is 0.578. The molecule has 15 heavy (non-hydrogen) atoms. The van der Waals surface area contributed by atoms with Crippen molar-refractivity contribution in [2.75, 3.05) is 0 Å². The SMILES string of the molecule is [B]C(C)(N)C1(C)CC(=NSC(C)(C)C)C1. The van der Waals surface area contributed by atoms with Crippen LogP contribution in [0.2, 0.25) is 0 Å². The summed E-state index contributed by atoms with van der Waals surface area (Å²) in [5.41, 5.74) is 6.59. The van der Waals surface area contributed by atoms with Gasteiger partial charge in [-0.05, 0) is 56.4 Å². The molecule has 84 valence electrons. The van der Waals surface area contributed by atoms with Crippen molar-refractivity contribution in [3.05, 3.63) is 0 Å². The summed E-state index contributed by atoms with van der Waals surface area (Å²) in [6.45, 7) is 10.5. The maximum Gasteiger partial charge on any atom is 0.0954 e. The van der Waals surface area contributed by atoms with E-state index in [1.54, 1.807) is 11.9 Å². The predicted octanol–water partition coefficient (Wildman–Crippen LogP) is 2.52. The molecule has 0 saturated heterocycles. The summed E-state index contributed by atoms with van der Waals surface area (Å²) in [4.78, 5) is 0. The van der Waals surface area contributed by atoms with Crippen molar-refractivity contribution in [1.29, 1.82) is 0 Å². The Morgan fingerprint density at radius 2 is 1.80 bits per heavy atom. The number of nitrogens with two attached hydrogens (primary N) is 1. The molecule has 1 aliphatic rings. The molecular formula is C11H21BN2S. The van der Waals surface area contributed by atoms with Gasteiger partial charge in [-0.1, -0.05) is 13.8 Å². The number of hydrogen-bond donors (Lipinski definition) is 1. The largest absolute Gasteiger partial charge is 0.333 e. The second kappa shape index (κ2) is 3.81. The normalized spacial score (nSPS) is 30.7. The lowest BCUT2D eigenvalue weighted by Crippen LogP contribution is -2.58. The molecule has 0 aromatic carbocycles. The number of rotatable bonds is 2. The highest BCUT2D eigenvalue weighted by Gasteiger charge is 2.46. The molecule has 0 aromatic heterocycles. The molecule has 1 rings (SSSR count). The van der Waals surface area contributed by atoms with Crippen LogP contribution in [0.15, 0.2) is 4.40 Å². The van der Waals surface area contributed by atoms with Gasteiger partial charge in [0.05, 0.1) is 7.85 Å². The first kappa shape index (κ1) is 13.1. The third kappa shape index (κ3) is 3.25. The van der Waals surface area contributed by atoms with E-state index < -0.39 is 5.44 Å². The van der Waals surface area contributed by atoms with Crippen LogP contribution in [0, 0.1) is 5.41 Å². The highest BCUT2D eigenvalue weighted by molar-refractivity contribution is 7.99. The molecule has 1 unspecified atom stereocenters. The fraction of sp³-hybridized carbons (Fsp3) is 0.909. The first-order valence-corrected chi connectivity index (χ1v) is 6.13. The monoisotopic (exact) mass is 224 g/mol. The van der Waals surface area contributed by atoms with Crippen molar-refractivity contribution >= 4 is 25.5 Å². The maximum absolute atomic E-state index is 5.94. The molecule has 0 aromatic rings. The summed E-state index contributed by atoms with van der Waals surface area (Å²) in [5.74, 6) is 0. The van der Waals surface area contributed by atoms with Crippen LogP contribution >= 0.6 is 11.9 Å². The van der Waals surface area contributed by atoms with Crippen LogP contribution in [0.25, 0.3) is 0 Å². The van der Waals surface area contributed by atoms with Crippen LogP contribution in [0.3, 0.4) is 0 Å². The Labute approximate surface area is 99.0 Å². The smallest absolute Gasteiger partial charge is 0.0954 e. The average Bonchev–Trinajstić information content (AvgIpc) is 1.91. The lowest BCUT2D eigenvalue weighted by molar-refractivity contribution is 0.212. The molecule has 0 heterocycles. The van der Waals surface area contributed by atoms with E-state index in [2.05, 4.69) is 32.1 Å². The molecule has 0 aliphatic heterocycles. The third-order valence-electron chi connectivity index (χ3n) is 2.94. The average molecular weight is 224 g/mol. The molecular weight excluding hydrogens is 203 g/mol. The van der Waals surface area contributed by atoms with Gasteiger partial charge in [0.15, 0.2) is 0 Å². The van der Waals surface area contributed by atoms with Gasteiger partial charge in [0.1, 0.15) is 0 Å². The summed E-state index contributed by atoms with van der Waals surface area (Å²) in [6.07, 6.45) is 1.86. The first-order valence-electron chi connectivity index (χ1n) is 5.35. The molecule has 1 atom stereocenters. The maximum atomic E-state index is 5.94. The minimum absolute atomic E-state index is 0.0181. The van der Waals surface area contributed by atoms with Crippen LogP contribution in [0.1, 0.15) is 47.5 Å². The molecule has 2 radical (unpaired) electrons.